The van der Waals surface area contributed by atoms with Crippen molar-refractivity contribution in [1.82, 2.24) is 4.98 Å². The molecule has 2 aromatic rings. The second-order valence-corrected chi connectivity index (χ2v) is 5.04. The number of hydrogen-bond donors (Lipinski definition) is 1. The standard InChI is InChI=1S/C13H13N3O2S/c1-9(14)10-5-4-8-15-13(10)19-12-7-3-2-6-11(12)16(17)18/h2-9H,14H2,1H3. The van der Waals surface area contributed by atoms with Crippen molar-refractivity contribution in [1.29, 1.82) is 0 Å². The molecule has 0 radical (unpaired) electrons. The van der Waals surface area contributed by atoms with Crippen LogP contribution < -0.4 is 5.73 Å². The summed E-state index contributed by atoms with van der Waals surface area (Å²) >= 11 is 1.26. The van der Waals surface area contributed by atoms with E-state index in [9.17, 15) is 10.1 Å². The lowest BCUT2D eigenvalue weighted by Crippen LogP contribution is -2.07. The molecule has 1 heterocycles. The maximum absolute atomic E-state index is 11.0. The first-order valence-electron chi connectivity index (χ1n) is 5.71. The van der Waals surface area contributed by atoms with Gasteiger partial charge in [-0.1, -0.05) is 30.0 Å². The zero-order valence-electron chi connectivity index (χ0n) is 10.3. The first kappa shape index (κ1) is 13.5. The summed E-state index contributed by atoms with van der Waals surface area (Å²) in [4.78, 5) is 15.4. The van der Waals surface area contributed by atoms with Gasteiger partial charge in [-0.25, -0.2) is 4.98 Å². The molecular weight excluding hydrogens is 262 g/mol. The highest BCUT2D eigenvalue weighted by atomic mass is 32.2. The number of para-hydroxylation sites is 1. The number of nitro benzene ring substituents is 1. The molecule has 0 saturated heterocycles. The number of pyridine rings is 1. The fraction of sp³-hybridized carbons (Fsp3) is 0.154. The lowest BCUT2D eigenvalue weighted by molar-refractivity contribution is -0.387. The van der Waals surface area contributed by atoms with Crippen molar-refractivity contribution in [2.75, 3.05) is 0 Å². The first-order chi connectivity index (χ1) is 9.09. The minimum Gasteiger partial charge on any atom is -0.324 e. The lowest BCUT2D eigenvalue weighted by Gasteiger charge is -2.10. The normalized spacial score (nSPS) is 12.1. The topological polar surface area (TPSA) is 82.0 Å². The molecule has 0 aliphatic heterocycles. The highest BCUT2D eigenvalue weighted by molar-refractivity contribution is 7.99. The molecule has 0 bridgehead atoms. The van der Waals surface area contributed by atoms with E-state index in [0.717, 1.165) is 5.56 Å². The Kier molecular flexibility index (Phi) is 4.13. The van der Waals surface area contributed by atoms with Crippen LogP contribution in [-0.4, -0.2) is 9.91 Å². The first-order valence-corrected chi connectivity index (χ1v) is 6.53. The molecular formula is C13H13N3O2S. The van der Waals surface area contributed by atoms with E-state index in [1.165, 1.54) is 17.8 Å². The zero-order valence-corrected chi connectivity index (χ0v) is 11.1. The van der Waals surface area contributed by atoms with Crippen LogP contribution in [0.5, 0.6) is 0 Å². The van der Waals surface area contributed by atoms with Crippen LogP contribution in [0.3, 0.4) is 0 Å². The third kappa shape index (κ3) is 3.10. The van der Waals surface area contributed by atoms with E-state index >= 15 is 0 Å². The molecule has 2 N–H and O–H groups in total. The smallest absolute Gasteiger partial charge is 0.283 e. The molecule has 19 heavy (non-hydrogen) atoms. The minimum absolute atomic E-state index is 0.0776. The highest BCUT2D eigenvalue weighted by Gasteiger charge is 2.16. The fourth-order valence-electron chi connectivity index (χ4n) is 1.63. The largest absolute Gasteiger partial charge is 0.324 e. The van der Waals surface area contributed by atoms with Gasteiger partial charge in [-0.15, -0.1) is 0 Å². The predicted octanol–water partition coefficient (Wildman–Crippen LogP) is 3.16. The van der Waals surface area contributed by atoms with Crippen LogP contribution >= 0.6 is 11.8 Å². The van der Waals surface area contributed by atoms with Gasteiger partial charge < -0.3 is 5.73 Å². The van der Waals surface area contributed by atoms with Gasteiger partial charge in [0.1, 0.15) is 5.03 Å². The van der Waals surface area contributed by atoms with E-state index in [1.807, 2.05) is 19.1 Å². The maximum atomic E-state index is 11.0. The Morgan fingerprint density at radius 3 is 2.74 bits per heavy atom. The van der Waals surface area contributed by atoms with Crippen LogP contribution in [0.25, 0.3) is 0 Å². The van der Waals surface area contributed by atoms with Crippen LogP contribution in [0, 0.1) is 10.1 Å². The highest BCUT2D eigenvalue weighted by Crippen LogP contribution is 2.36. The monoisotopic (exact) mass is 275 g/mol. The number of hydrogen-bond acceptors (Lipinski definition) is 5. The van der Waals surface area contributed by atoms with Crippen molar-refractivity contribution in [2.24, 2.45) is 5.73 Å². The second-order valence-electron chi connectivity index (χ2n) is 4.01. The number of rotatable bonds is 4. The number of nitrogens with zero attached hydrogens (tertiary/aromatic N) is 2. The number of nitro groups is 1. The number of benzene rings is 1. The Balaban J connectivity index is 2.39. The Labute approximate surface area is 115 Å². The van der Waals surface area contributed by atoms with Gasteiger partial charge in [-0.3, -0.25) is 10.1 Å². The van der Waals surface area contributed by atoms with E-state index in [1.54, 1.807) is 24.4 Å². The average molecular weight is 275 g/mol. The van der Waals surface area contributed by atoms with E-state index in [4.69, 9.17) is 5.73 Å². The number of aromatic nitrogens is 1. The summed E-state index contributed by atoms with van der Waals surface area (Å²) in [6.07, 6.45) is 1.66. The molecule has 1 aromatic heterocycles. The predicted molar refractivity (Wildman–Crippen MR) is 74.1 cm³/mol. The SMILES string of the molecule is CC(N)c1cccnc1Sc1ccccc1[N+](=O)[O-]. The van der Waals surface area contributed by atoms with Crippen LogP contribution in [-0.2, 0) is 0 Å². The van der Waals surface area contributed by atoms with Gasteiger partial charge >= 0.3 is 0 Å². The van der Waals surface area contributed by atoms with E-state index in [2.05, 4.69) is 4.98 Å². The van der Waals surface area contributed by atoms with Gasteiger partial charge in [-0.05, 0) is 19.1 Å². The lowest BCUT2D eigenvalue weighted by atomic mass is 10.2. The third-order valence-corrected chi connectivity index (χ3v) is 3.66. The van der Waals surface area contributed by atoms with Crippen molar-refractivity contribution in [3.05, 3.63) is 58.3 Å². The molecule has 0 saturated carbocycles. The quantitative estimate of drug-likeness (QED) is 0.684. The fourth-order valence-corrected chi connectivity index (χ4v) is 2.72. The number of nitrogens with two attached hydrogens (primary N) is 1. The van der Waals surface area contributed by atoms with E-state index < -0.39 is 4.92 Å². The molecule has 0 aliphatic rings. The van der Waals surface area contributed by atoms with Gasteiger partial charge in [0.05, 0.1) is 9.82 Å². The van der Waals surface area contributed by atoms with Crippen molar-refractivity contribution in [2.45, 2.75) is 22.9 Å². The van der Waals surface area contributed by atoms with Gasteiger partial charge in [0.2, 0.25) is 0 Å². The van der Waals surface area contributed by atoms with Crippen LogP contribution in [0.2, 0.25) is 0 Å². The minimum atomic E-state index is -0.392. The molecule has 6 heteroatoms. The van der Waals surface area contributed by atoms with E-state index in [0.29, 0.717) is 9.92 Å². The Morgan fingerprint density at radius 1 is 1.32 bits per heavy atom. The summed E-state index contributed by atoms with van der Waals surface area (Å²) in [7, 11) is 0. The molecule has 0 amide bonds. The molecule has 1 atom stereocenters. The van der Waals surface area contributed by atoms with Crippen molar-refractivity contribution in [3.8, 4) is 0 Å². The van der Waals surface area contributed by atoms with Crippen LogP contribution in [0.1, 0.15) is 18.5 Å². The molecule has 1 unspecified atom stereocenters. The van der Waals surface area contributed by atoms with Gasteiger partial charge in [-0.2, -0.15) is 0 Å². The molecule has 0 fully saturated rings. The van der Waals surface area contributed by atoms with Gasteiger partial charge in [0.25, 0.3) is 5.69 Å². The zero-order chi connectivity index (χ0) is 13.8. The van der Waals surface area contributed by atoms with Crippen LogP contribution in [0.15, 0.2) is 52.5 Å². The summed E-state index contributed by atoms with van der Waals surface area (Å²) in [6, 6.07) is 10.1. The van der Waals surface area contributed by atoms with Crippen molar-refractivity contribution < 1.29 is 4.92 Å². The van der Waals surface area contributed by atoms with Crippen LogP contribution in [0.4, 0.5) is 5.69 Å². The molecule has 0 aliphatic carbocycles. The maximum Gasteiger partial charge on any atom is 0.283 e. The average Bonchev–Trinajstić information content (AvgIpc) is 2.39. The Hall–Kier alpha value is -1.92. The van der Waals surface area contributed by atoms with Gasteiger partial charge in [0.15, 0.2) is 0 Å². The molecule has 98 valence electrons. The second kappa shape index (κ2) is 5.81. The summed E-state index contributed by atoms with van der Waals surface area (Å²) in [6.45, 7) is 1.86. The Morgan fingerprint density at radius 2 is 2.05 bits per heavy atom. The van der Waals surface area contributed by atoms with Crippen molar-refractivity contribution in [3.63, 3.8) is 0 Å². The van der Waals surface area contributed by atoms with E-state index in [-0.39, 0.29) is 11.7 Å². The van der Waals surface area contributed by atoms with Crippen molar-refractivity contribution >= 4 is 17.4 Å². The Bertz CT molecular complexity index is 602. The molecule has 2 rings (SSSR count). The third-order valence-electron chi connectivity index (χ3n) is 2.56. The summed E-state index contributed by atoms with van der Waals surface area (Å²) < 4.78 is 0. The summed E-state index contributed by atoms with van der Waals surface area (Å²) in [5.74, 6) is 0. The summed E-state index contributed by atoms with van der Waals surface area (Å²) in [5, 5.41) is 11.7. The van der Waals surface area contributed by atoms with Gasteiger partial charge in [0, 0.05) is 23.9 Å². The molecule has 5 nitrogen and oxygen atoms in total. The molecule has 0 spiro atoms. The molecule has 1 aromatic carbocycles. The summed E-state index contributed by atoms with van der Waals surface area (Å²) in [5.41, 5.74) is 6.84.